The van der Waals surface area contributed by atoms with Gasteiger partial charge in [0.15, 0.2) is 0 Å². The number of nitrogens with one attached hydrogen (secondary N) is 1. The Morgan fingerprint density at radius 3 is 2.58 bits per heavy atom. The standard InChI is InChI=1S/C24H23ClFN5O2/c25-17-3-1-2-15(10-17)22-21(23(27)32)20-13-30(8-9-31(20)29-22)24(33)28-19-11-16(12-19)14-4-6-18(26)7-5-14/h1-7,10,16,19H,8-9,11-13H2,(H2,27,32)(H,28,33)/t16-,19-. The third kappa shape index (κ3) is 4.18. The summed E-state index contributed by atoms with van der Waals surface area (Å²) < 4.78 is 14.9. The highest BCUT2D eigenvalue weighted by Crippen LogP contribution is 2.37. The van der Waals surface area contributed by atoms with Gasteiger partial charge in [-0.15, -0.1) is 0 Å². The van der Waals surface area contributed by atoms with Crippen molar-refractivity contribution in [2.75, 3.05) is 6.54 Å². The molecule has 0 radical (unpaired) electrons. The van der Waals surface area contributed by atoms with Crippen molar-refractivity contribution in [2.24, 2.45) is 5.73 Å². The number of urea groups is 1. The molecule has 33 heavy (non-hydrogen) atoms. The summed E-state index contributed by atoms with van der Waals surface area (Å²) in [4.78, 5) is 26.9. The molecule has 3 aromatic rings. The maximum Gasteiger partial charge on any atom is 0.318 e. The van der Waals surface area contributed by atoms with Gasteiger partial charge in [-0.1, -0.05) is 35.9 Å². The average molecular weight is 468 g/mol. The fraction of sp³-hybridized carbons (Fsp3) is 0.292. The zero-order valence-corrected chi connectivity index (χ0v) is 18.6. The number of hydrogen-bond acceptors (Lipinski definition) is 3. The summed E-state index contributed by atoms with van der Waals surface area (Å²) in [6.45, 7) is 1.18. The molecule has 3 N–H and O–H groups in total. The lowest BCUT2D eigenvalue weighted by Gasteiger charge is -2.38. The Labute approximate surface area is 195 Å². The fourth-order valence-electron chi connectivity index (χ4n) is 4.60. The minimum absolute atomic E-state index is 0.0667. The Kier molecular flexibility index (Phi) is 5.54. The minimum Gasteiger partial charge on any atom is -0.365 e. The molecule has 7 nitrogen and oxygen atoms in total. The Hall–Kier alpha value is -3.39. The SMILES string of the molecule is NC(=O)c1c(-c2cccc(Cl)c2)nn2c1CN(C(=O)N[C@H]1C[C@H](c3ccc(F)cc3)C1)CC2. The molecule has 2 aliphatic rings. The predicted molar refractivity (Wildman–Crippen MR) is 122 cm³/mol. The van der Waals surface area contributed by atoms with Crippen molar-refractivity contribution in [3.05, 3.63) is 76.2 Å². The highest BCUT2D eigenvalue weighted by molar-refractivity contribution is 6.30. The van der Waals surface area contributed by atoms with Crippen molar-refractivity contribution in [2.45, 2.75) is 37.9 Å². The molecule has 9 heteroatoms. The van der Waals surface area contributed by atoms with Crippen molar-refractivity contribution in [1.29, 1.82) is 0 Å². The fourth-order valence-corrected chi connectivity index (χ4v) is 4.79. The smallest absolute Gasteiger partial charge is 0.318 e. The van der Waals surface area contributed by atoms with E-state index in [1.807, 2.05) is 6.07 Å². The van der Waals surface area contributed by atoms with Gasteiger partial charge in [-0.3, -0.25) is 9.48 Å². The molecule has 2 heterocycles. The molecule has 1 aliphatic heterocycles. The van der Waals surface area contributed by atoms with Crippen LogP contribution in [0.4, 0.5) is 9.18 Å². The molecular weight excluding hydrogens is 445 g/mol. The summed E-state index contributed by atoms with van der Waals surface area (Å²) in [6, 6.07) is 13.5. The van der Waals surface area contributed by atoms with Gasteiger partial charge >= 0.3 is 6.03 Å². The quantitative estimate of drug-likeness (QED) is 0.609. The Morgan fingerprint density at radius 1 is 1.12 bits per heavy atom. The number of nitrogens with two attached hydrogens (primary N) is 1. The van der Waals surface area contributed by atoms with Gasteiger partial charge in [-0.25, -0.2) is 9.18 Å². The van der Waals surface area contributed by atoms with E-state index in [0.717, 1.165) is 18.4 Å². The van der Waals surface area contributed by atoms with E-state index < -0.39 is 5.91 Å². The van der Waals surface area contributed by atoms with Gasteiger partial charge in [0.25, 0.3) is 5.91 Å². The molecular formula is C24H23ClFN5O2. The molecule has 0 unspecified atom stereocenters. The number of primary amides is 1. The van der Waals surface area contributed by atoms with Crippen LogP contribution < -0.4 is 11.1 Å². The molecule has 5 rings (SSSR count). The largest absolute Gasteiger partial charge is 0.365 e. The Bertz CT molecular complexity index is 1220. The second kappa shape index (κ2) is 8.51. The van der Waals surface area contributed by atoms with Gasteiger partial charge in [-0.2, -0.15) is 5.10 Å². The van der Waals surface area contributed by atoms with Crippen LogP contribution in [0.5, 0.6) is 0 Å². The third-order valence-corrected chi connectivity index (χ3v) is 6.65. The number of rotatable bonds is 4. The van der Waals surface area contributed by atoms with Crippen molar-refractivity contribution in [3.63, 3.8) is 0 Å². The molecule has 2 aromatic carbocycles. The zero-order valence-electron chi connectivity index (χ0n) is 17.8. The van der Waals surface area contributed by atoms with Crippen molar-refractivity contribution in [1.82, 2.24) is 20.0 Å². The summed E-state index contributed by atoms with van der Waals surface area (Å²) in [7, 11) is 0. The first-order chi connectivity index (χ1) is 15.9. The molecule has 1 aliphatic carbocycles. The summed E-state index contributed by atoms with van der Waals surface area (Å²) in [5, 5.41) is 8.20. The van der Waals surface area contributed by atoms with E-state index in [1.54, 1.807) is 39.9 Å². The number of hydrogen-bond donors (Lipinski definition) is 2. The molecule has 3 amide bonds. The number of halogens is 2. The van der Waals surface area contributed by atoms with E-state index in [0.29, 0.717) is 46.5 Å². The van der Waals surface area contributed by atoms with Crippen molar-refractivity contribution in [3.8, 4) is 11.3 Å². The lowest BCUT2D eigenvalue weighted by atomic mass is 9.76. The molecule has 170 valence electrons. The van der Waals surface area contributed by atoms with Crippen LogP contribution in [0.25, 0.3) is 11.3 Å². The first kappa shape index (κ1) is 21.5. The van der Waals surface area contributed by atoms with Crippen LogP contribution in [0.1, 0.15) is 40.4 Å². The van der Waals surface area contributed by atoms with Crippen LogP contribution in [0, 0.1) is 5.82 Å². The number of benzene rings is 2. The van der Waals surface area contributed by atoms with Crippen LogP contribution in [0.3, 0.4) is 0 Å². The average Bonchev–Trinajstić information content (AvgIpc) is 3.16. The van der Waals surface area contributed by atoms with Gasteiger partial charge in [0.2, 0.25) is 0 Å². The predicted octanol–water partition coefficient (Wildman–Crippen LogP) is 3.91. The van der Waals surface area contributed by atoms with E-state index in [-0.39, 0.29) is 24.4 Å². The Morgan fingerprint density at radius 2 is 1.88 bits per heavy atom. The van der Waals surface area contributed by atoms with E-state index >= 15 is 0 Å². The Balaban J connectivity index is 1.27. The van der Waals surface area contributed by atoms with E-state index in [2.05, 4.69) is 10.4 Å². The summed E-state index contributed by atoms with van der Waals surface area (Å²) in [5.74, 6) is -0.517. The number of fused-ring (bicyclic) bond motifs is 1. The molecule has 0 spiro atoms. The van der Waals surface area contributed by atoms with Crippen LogP contribution in [0.15, 0.2) is 48.5 Å². The summed E-state index contributed by atoms with van der Waals surface area (Å²) >= 11 is 6.11. The second-order valence-corrected chi connectivity index (χ2v) is 8.99. The van der Waals surface area contributed by atoms with Crippen LogP contribution in [-0.2, 0) is 13.1 Å². The van der Waals surface area contributed by atoms with Gasteiger partial charge in [0.1, 0.15) is 11.5 Å². The number of carbonyl (C=O) groups is 2. The molecule has 1 fully saturated rings. The summed E-state index contributed by atoms with van der Waals surface area (Å²) in [5.41, 5.74) is 8.91. The van der Waals surface area contributed by atoms with Crippen LogP contribution in [-0.4, -0.2) is 39.2 Å². The maximum absolute atomic E-state index is 13.1. The molecule has 0 saturated heterocycles. The van der Waals surface area contributed by atoms with Gasteiger partial charge in [-0.05, 0) is 48.6 Å². The maximum atomic E-state index is 13.1. The first-order valence-electron chi connectivity index (χ1n) is 10.9. The number of carbonyl (C=O) groups excluding carboxylic acids is 2. The lowest BCUT2D eigenvalue weighted by molar-refractivity contribution is 0.0997. The van der Waals surface area contributed by atoms with E-state index in [1.165, 1.54) is 12.1 Å². The van der Waals surface area contributed by atoms with Crippen molar-refractivity contribution >= 4 is 23.5 Å². The lowest BCUT2D eigenvalue weighted by Crippen LogP contribution is -2.51. The highest BCUT2D eigenvalue weighted by atomic mass is 35.5. The van der Waals surface area contributed by atoms with Gasteiger partial charge < -0.3 is 16.0 Å². The summed E-state index contributed by atoms with van der Waals surface area (Å²) in [6.07, 6.45) is 1.63. The zero-order chi connectivity index (χ0) is 23.1. The van der Waals surface area contributed by atoms with Gasteiger partial charge in [0, 0.05) is 23.2 Å². The first-order valence-corrected chi connectivity index (χ1v) is 11.2. The van der Waals surface area contributed by atoms with Crippen molar-refractivity contribution < 1.29 is 14.0 Å². The minimum atomic E-state index is -0.588. The molecule has 1 saturated carbocycles. The number of nitrogens with zero attached hydrogens (tertiary/aromatic N) is 3. The normalized spacial score (nSPS) is 19.5. The topological polar surface area (TPSA) is 93.2 Å². The molecule has 1 aromatic heterocycles. The third-order valence-electron chi connectivity index (χ3n) is 6.42. The molecule has 0 atom stereocenters. The van der Waals surface area contributed by atoms with E-state index in [9.17, 15) is 14.0 Å². The molecule has 0 bridgehead atoms. The monoisotopic (exact) mass is 467 g/mol. The van der Waals surface area contributed by atoms with Crippen LogP contribution in [0.2, 0.25) is 5.02 Å². The van der Waals surface area contributed by atoms with Crippen LogP contribution >= 0.6 is 11.6 Å². The van der Waals surface area contributed by atoms with E-state index in [4.69, 9.17) is 17.3 Å². The second-order valence-electron chi connectivity index (χ2n) is 8.56. The highest BCUT2D eigenvalue weighted by Gasteiger charge is 2.34. The van der Waals surface area contributed by atoms with Gasteiger partial charge in [0.05, 0.1) is 24.3 Å². The number of amides is 3. The number of aromatic nitrogens is 2.